The Hall–Kier alpha value is -2.53. The molecule has 2 aliphatic rings. The third kappa shape index (κ3) is 2.54. The number of hydrogen-bond donors (Lipinski definition) is 2. The van der Waals surface area contributed by atoms with E-state index in [2.05, 4.69) is 34.7 Å². The molecule has 26 heavy (non-hydrogen) atoms. The molecule has 2 aromatic rings. The number of carbonyl (C=O) groups is 1. The number of H-pyrrole nitrogens is 1. The Kier molecular flexibility index (Phi) is 4.32. The van der Waals surface area contributed by atoms with Crippen LogP contribution in [-0.2, 0) is 16.0 Å². The van der Waals surface area contributed by atoms with Crippen molar-refractivity contribution in [2.75, 3.05) is 20.2 Å². The van der Waals surface area contributed by atoms with E-state index >= 15 is 0 Å². The third-order valence-corrected chi connectivity index (χ3v) is 5.97. The molecule has 1 aromatic carbocycles. The van der Waals surface area contributed by atoms with Crippen LogP contribution in [0.2, 0.25) is 0 Å². The van der Waals surface area contributed by atoms with Crippen LogP contribution in [0.15, 0.2) is 48.8 Å². The minimum absolute atomic E-state index is 0.106. The highest BCUT2D eigenvalue weighted by Gasteiger charge is 2.42. The third-order valence-electron chi connectivity index (χ3n) is 5.97. The number of carbonyl (C=O) groups excluding carboxylic acids is 1. The van der Waals surface area contributed by atoms with Crippen LogP contribution in [0.25, 0.3) is 10.9 Å². The Bertz CT molecular complexity index is 883. The van der Waals surface area contributed by atoms with Gasteiger partial charge in [-0.15, -0.1) is 6.58 Å². The van der Waals surface area contributed by atoms with Gasteiger partial charge in [0.15, 0.2) is 0 Å². The maximum Gasteiger partial charge on any atom is 0.337 e. The van der Waals surface area contributed by atoms with Crippen molar-refractivity contribution in [1.82, 2.24) is 9.88 Å². The van der Waals surface area contributed by atoms with E-state index < -0.39 is 5.97 Å². The van der Waals surface area contributed by atoms with Crippen molar-refractivity contribution in [3.05, 3.63) is 60.0 Å². The molecule has 4 rings (SSSR count). The van der Waals surface area contributed by atoms with Gasteiger partial charge in [0.1, 0.15) is 0 Å². The van der Waals surface area contributed by atoms with Gasteiger partial charge in [0.25, 0.3) is 0 Å². The molecule has 3 heterocycles. The van der Waals surface area contributed by atoms with Crippen molar-refractivity contribution in [1.29, 1.82) is 0 Å². The van der Waals surface area contributed by atoms with Gasteiger partial charge in [-0.25, -0.2) is 4.79 Å². The predicted molar refractivity (Wildman–Crippen MR) is 101 cm³/mol. The van der Waals surface area contributed by atoms with E-state index in [0.29, 0.717) is 5.57 Å². The number of nitrogens with zero attached hydrogens (tertiary/aromatic N) is 1. The summed E-state index contributed by atoms with van der Waals surface area (Å²) >= 11 is 0. The molecule has 1 saturated heterocycles. The number of para-hydroxylation sites is 1. The summed E-state index contributed by atoms with van der Waals surface area (Å²) in [6.45, 7) is 5.77. The largest absolute Gasteiger partial charge is 0.515 e. The van der Waals surface area contributed by atoms with Crippen molar-refractivity contribution in [2.45, 2.75) is 18.9 Å². The average molecular weight is 352 g/mol. The molecule has 2 N–H and O–H groups in total. The van der Waals surface area contributed by atoms with Crippen LogP contribution in [0, 0.1) is 11.8 Å². The number of nitrogens with one attached hydrogen (secondary N) is 1. The fourth-order valence-electron chi connectivity index (χ4n) is 4.68. The lowest BCUT2D eigenvalue weighted by molar-refractivity contribution is -0.137. The quantitative estimate of drug-likeness (QED) is 0.384. The van der Waals surface area contributed by atoms with Gasteiger partial charge in [0.05, 0.1) is 25.0 Å². The van der Waals surface area contributed by atoms with Crippen LogP contribution in [0.1, 0.15) is 23.7 Å². The summed E-state index contributed by atoms with van der Waals surface area (Å²) < 4.78 is 4.88. The number of aliphatic hydroxyl groups is 1. The normalized spacial score (nSPS) is 26.2. The summed E-state index contributed by atoms with van der Waals surface area (Å²) in [7, 11) is 1.35. The maximum absolute atomic E-state index is 12.1. The van der Waals surface area contributed by atoms with Gasteiger partial charge in [-0.3, -0.25) is 4.90 Å². The molecule has 5 nitrogen and oxygen atoms in total. The lowest BCUT2D eigenvalue weighted by Crippen LogP contribution is -2.46. The van der Waals surface area contributed by atoms with Gasteiger partial charge in [-0.2, -0.15) is 0 Å². The van der Waals surface area contributed by atoms with E-state index in [0.717, 1.165) is 37.7 Å². The van der Waals surface area contributed by atoms with Crippen LogP contribution >= 0.6 is 0 Å². The smallest absolute Gasteiger partial charge is 0.337 e. The standard InChI is InChI=1S/C21H24N2O3/c1-3-13-11-23-9-8-15-14-6-4-5-7-18(14)22-20(15)19(23)10-16(13)17(12-24)21(25)26-2/h3-7,12-13,16,19,22,24H,1,8-11H2,2H3. The lowest BCUT2D eigenvalue weighted by Gasteiger charge is -2.45. The Morgan fingerprint density at radius 3 is 2.96 bits per heavy atom. The number of fused-ring (bicyclic) bond motifs is 5. The topological polar surface area (TPSA) is 65.6 Å². The van der Waals surface area contributed by atoms with E-state index in [9.17, 15) is 9.90 Å². The number of aromatic nitrogens is 1. The fourth-order valence-corrected chi connectivity index (χ4v) is 4.68. The van der Waals surface area contributed by atoms with E-state index in [1.807, 2.05) is 12.1 Å². The highest BCUT2D eigenvalue weighted by atomic mass is 16.5. The number of piperidine rings is 1. The molecular weight excluding hydrogens is 328 g/mol. The average Bonchev–Trinajstić information content (AvgIpc) is 3.07. The Morgan fingerprint density at radius 2 is 2.23 bits per heavy atom. The second kappa shape index (κ2) is 6.65. The summed E-state index contributed by atoms with van der Waals surface area (Å²) in [5, 5.41) is 11.0. The molecule has 0 amide bonds. The molecule has 1 aromatic heterocycles. The molecule has 0 bridgehead atoms. The Balaban J connectivity index is 1.74. The molecule has 0 spiro atoms. The molecule has 0 saturated carbocycles. The number of hydrogen-bond acceptors (Lipinski definition) is 4. The first-order valence-electron chi connectivity index (χ1n) is 9.06. The zero-order valence-corrected chi connectivity index (χ0v) is 14.9. The van der Waals surface area contributed by atoms with E-state index in [1.165, 1.54) is 23.8 Å². The number of aromatic amines is 1. The summed E-state index contributed by atoms with van der Waals surface area (Å²) in [5.41, 5.74) is 4.12. The van der Waals surface area contributed by atoms with Crippen LogP contribution in [0.5, 0.6) is 0 Å². The molecule has 3 unspecified atom stereocenters. The number of aliphatic hydroxyl groups excluding tert-OH is 1. The summed E-state index contributed by atoms with van der Waals surface area (Å²) in [5.74, 6) is -0.469. The predicted octanol–water partition coefficient (Wildman–Crippen LogP) is 3.50. The first-order chi connectivity index (χ1) is 12.7. The van der Waals surface area contributed by atoms with Crippen molar-refractivity contribution in [3.63, 3.8) is 0 Å². The minimum atomic E-state index is -0.467. The van der Waals surface area contributed by atoms with Crippen molar-refractivity contribution < 1.29 is 14.6 Å². The van der Waals surface area contributed by atoms with Crippen molar-refractivity contribution in [2.24, 2.45) is 11.8 Å². The zero-order chi connectivity index (χ0) is 18.3. The molecular formula is C21H24N2O3. The molecule has 2 aliphatic heterocycles. The minimum Gasteiger partial charge on any atom is -0.515 e. The molecule has 5 heteroatoms. The molecule has 0 radical (unpaired) electrons. The van der Waals surface area contributed by atoms with Gasteiger partial charge in [0, 0.05) is 35.6 Å². The van der Waals surface area contributed by atoms with E-state index in [4.69, 9.17) is 4.74 Å². The van der Waals surface area contributed by atoms with Crippen LogP contribution in [0.3, 0.4) is 0 Å². The SMILES string of the molecule is C=CC1CN2CCc3c([nH]c4ccccc34)C2CC1C(=CO)C(=O)OC. The van der Waals surface area contributed by atoms with Crippen molar-refractivity contribution >= 4 is 16.9 Å². The Labute approximate surface area is 153 Å². The number of methoxy groups -OCH3 is 1. The number of rotatable bonds is 3. The van der Waals surface area contributed by atoms with E-state index in [1.54, 1.807) is 0 Å². The van der Waals surface area contributed by atoms with Gasteiger partial charge in [-0.1, -0.05) is 24.3 Å². The molecule has 3 atom stereocenters. The monoisotopic (exact) mass is 352 g/mol. The van der Waals surface area contributed by atoms with Gasteiger partial charge in [0.2, 0.25) is 0 Å². The summed E-state index contributed by atoms with van der Waals surface area (Å²) in [4.78, 5) is 18.2. The molecule has 136 valence electrons. The van der Waals surface area contributed by atoms with E-state index in [-0.39, 0.29) is 17.9 Å². The second-order valence-corrected chi connectivity index (χ2v) is 7.14. The number of ether oxygens (including phenoxy) is 1. The van der Waals surface area contributed by atoms with Crippen molar-refractivity contribution in [3.8, 4) is 0 Å². The molecule has 1 fully saturated rings. The van der Waals surface area contributed by atoms with Crippen LogP contribution in [0.4, 0.5) is 0 Å². The summed E-state index contributed by atoms with van der Waals surface area (Å²) in [6, 6.07) is 8.60. The first-order valence-corrected chi connectivity index (χ1v) is 9.06. The first kappa shape index (κ1) is 16.9. The highest BCUT2D eigenvalue weighted by molar-refractivity contribution is 5.89. The van der Waals surface area contributed by atoms with Crippen LogP contribution in [-0.4, -0.2) is 41.2 Å². The van der Waals surface area contributed by atoms with Gasteiger partial charge >= 0.3 is 5.97 Å². The fraction of sp³-hybridized carbons (Fsp3) is 0.381. The number of benzene rings is 1. The Morgan fingerprint density at radius 1 is 1.42 bits per heavy atom. The zero-order valence-electron chi connectivity index (χ0n) is 14.9. The van der Waals surface area contributed by atoms with Gasteiger partial charge < -0.3 is 14.8 Å². The number of esters is 1. The maximum atomic E-state index is 12.1. The highest BCUT2D eigenvalue weighted by Crippen LogP contribution is 2.45. The van der Waals surface area contributed by atoms with Crippen LogP contribution < -0.4 is 0 Å². The second-order valence-electron chi connectivity index (χ2n) is 7.14. The lowest BCUT2D eigenvalue weighted by atomic mass is 9.75. The summed E-state index contributed by atoms with van der Waals surface area (Å²) in [6.07, 6.45) is 4.58. The van der Waals surface area contributed by atoms with Gasteiger partial charge in [-0.05, 0) is 30.4 Å². The molecule has 0 aliphatic carbocycles.